The fraction of sp³-hybridized carbons (Fsp3) is 0.143. The second-order valence-corrected chi connectivity index (χ2v) is 7.54. The van der Waals surface area contributed by atoms with Crippen LogP contribution in [0.2, 0.25) is 0 Å². The van der Waals surface area contributed by atoms with Gasteiger partial charge in [0.05, 0.1) is 23.3 Å². The van der Waals surface area contributed by atoms with Crippen LogP contribution in [0.1, 0.15) is 11.3 Å². The van der Waals surface area contributed by atoms with Gasteiger partial charge in [0.25, 0.3) is 11.5 Å². The van der Waals surface area contributed by atoms with Gasteiger partial charge in [-0.2, -0.15) is 10.1 Å². The van der Waals surface area contributed by atoms with Gasteiger partial charge in [-0.15, -0.1) is 0 Å². The molecule has 1 amide bonds. The molecule has 30 heavy (non-hydrogen) atoms. The molecule has 1 fully saturated rings. The number of aliphatic imine (C=N–C) groups is 1. The fourth-order valence-electron chi connectivity index (χ4n) is 3.04. The lowest BCUT2D eigenvalue weighted by Crippen LogP contribution is -2.24. The van der Waals surface area contributed by atoms with Crippen LogP contribution in [0.5, 0.6) is 5.75 Å². The Balaban J connectivity index is 1.73. The van der Waals surface area contributed by atoms with Crippen LogP contribution in [0.15, 0.2) is 69.5 Å². The maximum Gasteiger partial charge on any atom is 0.297 e. The van der Waals surface area contributed by atoms with Crippen molar-refractivity contribution in [2.24, 2.45) is 17.1 Å². The standard InChI is InChI=1S/C21H19N5O3S/c1-14-19(20(29)26(24(14)2)16-9-4-3-5-10-16)23-21-25(18(28)13-30-21)22-12-15-8-6-7-11-17(15)27/h3-12,27H,13H2,1-2H3/b22-12+,23-21?. The SMILES string of the molecule is Cc1c(N=C2SCC(=O)N2/N=C/c2ccccc2O)c(=O)n(-c2ccccc2)n1C. The minimum absolute atomic E-state index is 0.0590. The number of phenols is 1. The van der Waals surface area contributed by atoms with E-state index in [0.29, 0.717) is 16.4 Å². The molecule has 0 radical (unpaired) electrons. The van der Waals surface area contributed by atoms with E-state index >= 15 is 0 Å². The Morgan fingerprint density at radius 2 is 1.77 bits per heavy atom. The summed E-state index contributed by atoms with van der Waals surface area (Å²) < 4.78 is 3.26. The number of hydrazone groups is 1. The topological polar surface area (TPSA) is 92.2 Å². The van der Waals surface area contributed by atoms with Crippen molar-refractivity contribution in [3.8, 4) is 11.4 Å². The number of aromatic nitrogens is 2. The van der Waals surface area contributed by atoms with Gasteiger partial charge in [-0.1, -0.05) is 42.1 Å². The van der Waals surface area contributed by atoms with Crippen LogP contribution < -0.4 is 5.56 Å². The zero-order chi connectivity index (χ0) is 21.3. The summed E-state index contributed by atoms with van der Waals surface area (Å²) in [5.41, 5.74) is 1.84. The van der Waals surface area contributed by atoms with E-state index in [4.69, 9.17) is 0 Å². The number of carbonyl (C=O) groups excluding carboxylic acids is 1. The minimum atomic E-state index is -0.279. The monoisotopic (exact) mass is 421 g/mol. The van der Waals surface area contributed by atoms with Gasteiger partial charge in [-0.3, -0.25) is 14.3 Å². The van der Waals surface area contributed by atoms with E-state index in [1.165, 1.54) is 28.7 Å². The third-order valence-electron chi connectivity index (χ3n) is 4.72. The maximum absolute atomic E-state index is 13.1. The lowest BCUT2D eigenvalue weighted by atomic mass is 10.2. The highest BCUT2D eigenvalue weighted by Crippen LogP contribution is 2.25. The molecule has 4 rings (SSSR count). The second kappa shape index (κ2) is 8.03. The van der Waals surface area contributed by atoms with Crippen molar-refractivity contribution < 1.29 is 9.90 Å². The van der Waals surface area contributed by atoms with Crippen molar-refractivity contribution in [1.29, 1.82) is 0 Å². The first-order valence-corrected chi connectivity index (χ1v) is 10.2. The first kappa shape index (κ1) is 19.7. The summed E-state index contributed by atoms with van der Waals surface area (Å²) >= 11 is 1.21. The molecule has 0 spiro atoms. The molecule has 1 aliphatic heterocycles. The summed E-state index contributed by atoms with van der Waals surface area (Å²) in [6, 6.07) is 16.0. The van der Waals surface area contributed by atoms with Gasteiger partial charge in [-0.05, 0) is 31.2 Å². The molecule has 2 heterocycles. The average molecular weight is 421 g/mol. The number of aromatic hydroxyl groups is 1. The lowest BCUT2D eigenvalue weighted by molar-refractivity contribution is -0.124. The number of carbonyl (C=O) groups is 1. The van der Waals surface area contributed by atoms with Gasteiger partial charge in [0.2, 0.25) is 0 Å². The lowest BCUT2D eigenvalue weighted by Gasteiger charge is -2.08. The number of amides is 1. The predicted octanol–water partition coefficient (Wildman–Crippen LogP) is 2.79. The molecular weight excluding hydrogens is 402 g/mol. The van der Waals surface area contributed by atoms with Crippen molar-refractivity contribution in [1.82, 2.24) is 14.4 Å². The molecule has 0 saturated carbocycles. The van der Waals surface area contributed by atoms with Crippen molar-refractivity contribution >= 4 is 34.7 Å². The summed E-state index contributed by atoms with van der Waals surface area (Å²) in [5.74, 6) is -0.0125. The maximum atomic E-state index is 13.1. The van der Waals surface area contributed by atoms with Crippen molar-refractivity contribution in [3.05, 3.63) is 76.2 Å². The average Bonchev–Trinajstić information content (AvgIpc) is 3.20. The molecule has 152 valence electrons. The summed E-state index contributed by atoms with van der Waals surface area (Å²) in [6.07, 6.45) is 1.40. The minimum Gasteiger partial charge on any atom is -0.507 e. The van der Waals surface area contributed by atoms with E-state index in [1.807, 2.05) is 30.3 Å². The molecule has 1 aromatic heterocycles. The molecule has 0 aliphatic carbocycles. The van der Waals surface area contributed by atoms with Crippen LogP contribution in [0.25, 0.3) is 5.69 Å². The van der Waals surface area contributed by atoms with E-state index in [0.717, 1.165) is 10.7 Å². The molecule has 0 atom stereocenters. The van der Waals surface area contributed by atoms with Crippen molar-refractivity contribution in [2.75, 3.05) is 5.75 Å². The third kappa shape index (κ3) is 3.55. The summed E-state index contributed by atoms with van der Waals surface area (Å²) in [5, 5.41) is 15.6. The van der Waals surface area contributed by atoms with Gasteiger partial charge in [0.15, 0.2) is 10.9 Å². The van der Waals surface area contributed by atoms with Gasteiger partial charge < -0.3 is 5.11 Å². The van der Waals surface area contributed by atoms with Gasteiger partial charge in [-0.25, -0.2) is 9.67 Å². The quantitative estimate of drug-likeness (QED) is 0.656. The first-order valence-electron chi connectivity index (χ1n) is 9.18. The van der Waals surface area contributed by atoms with Crippen LogP contribution in [0.3, 0.4) is 0 Å². The van der Waals surface area contributed by atoms with Crippen LogP contribution in [0, 0.1) is 6.92 Å². The molecule has 8 nitrogen and oxygen atoms in total. The highest BCUT2D eigenvalue weighted by Gasteiger charge is 2.29. The highest BCUT2D eigenvalue weighted by molar-refractivity contribution is 8.15. The zero-order valence-corrected chi connectivity index (χ0v) is 17.2. The van der Waals surface area contributed by atoms with Crippen molar-refractivity contribution in [3.63, 3.8) is 0 Å². The van der Waals surface area contributed by atoms with Gasteiger partial charge in [0.1, 0.15) is 5.75 Å². The van der Waals surface area contributed by atoms with Crippen LogP contribution in [0.4, 0.5) is 5.69 Å². The summed E-state index contributed by atoms with van der Waals surface area (Å²) in [7, 11) is 1.79. The number of benzene rings is 2. The van der Waals surface area contributed by atoms with Crippen molar-refractivity contribution in [2.45, 2.75) is 6.92 Å². The molecule has 3 aromatic rings. The molecule has 2 aromatic carbocycles. The normalized spacial score (nSPS) is 15.6. The van der Waals surface area contributed by atoms with E-state index in [1.54, 1.807) is 36.9 Å². The molecule has 1 aliphatic rings. The Morgan fingerprint density at radius 3 is 2.50 bits per heavy atom. The number of amidine groups is 1. The highest BCUT2D eigenvalue weighted by atomic mass is 32.2. The van der Waals surface area contributed by atoms with Gasteiger partial charge >= 0.3 is 0 Å². The van der Waals surface area contributed by atoms with Crippen LogP contribution >= 0.6 is 11.8 Å². The number of phenolic OH excluding ortho intramolecular Hbond substituents is 1. The molecular formula is C21H19N5O3S. The number of thioether (sulfide) groups is 1. The van der Waals surface area contributed by atoms with Crippen LogP contribution in [-0.2, 0) is 11.8 Å². The first-order chi connectivity index (χ1) is 14.5. The van der Waals surface area contributed by atoms with Crippen LogP contribution in [-0.4, -0.2) is 42.5 Å². The Kier molecular flexibility index (Phi) is 5.28. The Morgan fingerprint density at radius 1 is 1.07 bits per heavy atom. The predicted molar refractivity (Wildman–Crippen MR) is 118 cm³/mol. The molecule has 9 heteroatoms. The molecule has 0 unspecified atom stereocenters. The number of rotatable bonds is 4. The fourth-order valence-corrected chi connectivity index (χ4v) is 3.85. The number of nitrogens with zero attached hydrogens (tertiary/aromatic N) is 5. The second-order valence-electron chi connectivity index (χ2n) is 6.60. The Bertz CT molecular complexity index is 1230. The molecule has 1 N–H and O–H groups in total. The zero-order valence-electron chi connectivity index (χ0n) is 16.4. The molecule has 0 bridgehead atoms. The summed E-state index contributed by atoms with van der Waals surface area (Å²) in [6.45, 7) is 1.80. The number of hydrogen-bond donors (Lipinski definition) is 1. The number of para-hydroxylation sites is 2. The Hall–Kier alpha value is -3.59. The van der Waals surface area contributed by atoms with E-state index < -0.39 is 0 Å². The smallest absolute Gasteiger partial charge is 0.297 e. The summed E-state index contributed by atoms with van der Waals surface area (Å²) in [4.78, 5) is 29.9. The van der Waals surface area contributed by atoms with E-state index in [9.17, 15) is 14.7 Å². The largest absolute Gasteiger partial charge is 0.507 e. The van der Waals surface area contributed by atoms with E-state index in [-0.39, 0.29) is 28.7 Å². The Labute approximate surface area is 176 Å². The number of hydrogen-bond acceptors (Lipinski definition) is 6. The molecule has 1 saturated heterocycles. The third-order valence-corrected chi connectivity index (χ3v) is 5.64. The van der Waals surface area contributed by atoms with Gasteiger partial charge in [0, 0.05) is 12.6 Å². The van der Waals surface area contributed by atoms with E-state index in [2.05, 4.69) is 10.1 Å².